The van der Waals surface area contributed by atoms with Gasteiger partial charge in [-0.25, -0.2) is 8.42 Å². The first-order valence-corrected chi connectivity index (χ1v) is 11.0. The fourth-order valence-corrected chi connectivity index (χ4v) is 8.93. The number of piperidine rings is 1. The summed E-state index contributed by atoms with van der Waals surface area (Å²) in [5.74, 6) is 0. The molecule has 2 bridgehead atoms. The standard InChI is InChI=1S/C13H18Br2N2O2S2/c1-2-17(10-5-8-3-4-9(6-10)16-8)21(18,19)11-7-12(14)20-13(11)15/h7-10,16H,2-6H2,1H3. The Balaban J connectivity index is 1.90. The Morgan fingerprint density at radius 1 is 1.33 bits per heavy atom. The van der Waals surface area contributed by atoms with Crippen LogP contribution in [0, 0.1) is 0 Å². The molecule has 2 unspecified atom stereocenters. The number of hydrogen-bond donors (Lipinski definition) is 1. The molecular weight excluding hydrogens is 440 g/mol. The van der Waals surface area contributed by atoms with E-state index in [2.05, 4.69) is 37.2 Å². The molecule has 2 atom stereocenters. The lowest BCUT2D eigenvalue weighted by molar-refractivity contribution is 0.232. The predicted molar refractivity (Wildman–Crippen MR) is 92.3 cm³/mol. The summed E-state index contributed by atoms with van der Waals surface area (Å²) in [6.07, 6.45) is 4.19. The van der Waals surface area contributed by atoms with Crippen LogP contribution < -0.4 is 5.32 Å². The Morgan fingerprint density at radius 3 is 2.43 bits per heavy atom. The third-order valence-corrected chi connectivity index (χ3v) is 9.16. The van der Waals surface area contributed by atoms with Gasteiger partial charge in [-0.15, -0.1) is 11.3 Å². The third kappa shape index (κ3) is 3.12. The molecule has 2 fully saturated rings. The first kappa shape index (κ1) is 16.4. The lowest BCUT2D eigenvalue weighted by Crippen LogP contribution is -2.50. The number of nitrogens with one attached hydrogen (secondary N) is 1. The summed E-state index contributed by atoms with van der Waals surface area (Å²) >= 11 is 8.15. The van der Waals surface area contributed by atoms with Gasteiger partial charge in [0.25, 0.3) is 0 Å². The SMILES string of the molecule is CCN(C1CC2CCC(C1)N2)S(=O)(=O)c1cc(Br)sc1Br. The zero-order chi connectivity index (χ0) is 15.2. The molecule has 1 N–H and O–H groups in total. The second-order valence-corrected chi connectivity index (χ2v) is 11.3. The van der Waals surface area contributed by atoms with E-state index in [1.165, 1.54) is 24.2 Å². The number of nitrogens with zero attached hydrogens (tertiary/aromatic N) is 1. The maximum absolute atomic E-state index is 13.0. The molecule has 2 aliphatic heterocycles. The van der Waals surface area contributed by atoms with Crippen LogP contribution in [0.5, 0.6) is 0 Å². The molecule has 0 aliphatic carbocycles. The van der Waals surface area contributed by atoms with Crippen molar-refractivity contribution in [2.24, 2.45) is 0 Å². The van der Waals surface area contributed by atoms with E-state index in [1.807, 2.05) is 6.92 Å². The molecule has 118 valence electrons. The van der Waals surface area contributed by atoms with Crippen molar-refractivity contribution in [2.75, 3.05) is 6.54 Å². The lowest BCUT2D eigenvalue weighted by Gasteiger charge is -2.36. The summed E-state index contributed by atoms with van der Waals surface area (Å²) in [5, 5.41) is 3.57. The monoisotopic (exact) mass is 456 g/mol. The average Bonchev–Trinajstić information content (AvgIpc) is 2.92. The van der Waals surface area contributed by atoms with Gasteiger partial charge in [-0.1, -0.05) is 6.92 Å². The van der Waals surface area contributed by atoms with Gasteiger partial charge in [0.15, 0.2) is 0 Å². The van der Waals surface area contributed by atoms with Gasteiger partial charge in [-0.2, -0.15) is 4.31 Å². The van der Waals surface area contributed by atoms with Crippen molar-refractivity contribution in [3.63, 3.8) is 0 Å². The van der Waals surface area contributed by atoms with Crippen LogP contribution in [0.1, 0.15) is 32.6 Å². The Kier molecular flexibility index (Phi) is 4.84. The normalized spacial score (nSPS) is 29.2. The second-order valence-electron chi connectivity index (χ2n) is 5.66. The first-order chi connectivity index (χ1) is 9.91. The summed E-state index contributed by atoms with van der Waals surface area (Å²) in [6, 6.07) is 2.78. The van der Waals surface area contributed by atoms with Crippen LogP contribution in [-0.4, -0.2) is 37.4 Å². The molecular formula is C13H18Br2N2O2S2. The van der Waals surface area contributed by atoms with Crippen LogP contribution in [0.25, 0.3) is 0 Å². The van der Waals surface area contributed by atoms with E-state index in [9.17, 15) is 8.42 Å². The predicted octanol–water partition coefficient (Wildman–Crippen LogP) is 3.57. The number of fused-ring (bicyclic) bond motifs is 2. The molecule has 0 amide bonds. The summed E-state index contributed by atoms with van der Waals surface area (Å²) < 4.78 is 29.2. The fourth-order valence-electron chi connectivity index (χ4n) is 3.51. The molecule has 0 spiro atoms. The van der Waals surface area contributed by atoms with Gasteiger partial charge in [0.1, 0.15) is 4.90 Å². The molecule has 1 aromatic heterocycles. The van der Waals surface area contributed by atoms with Crippen molar-refractivity contribution >= 4 is 53.2 Å². The smallest absolute Gasteiger partial charge is 0.245 e. The highest BCUT2D eigenvalue weighted by atomic mass is 79.9. The second kappa shape index (κ2) is 6.20. The van der Waals surface area contributed by atoms with Crippen LogP contribution in [0.2, 0.25) is 0 Å². The van der Waals surface area contributed by atoms with Crippen LogP contribution >= 0.6 is 43.2 Å². The number of sulfonamides is 1. The summed E-state index contributed by atoms with van der Waals surface area (Å²) in [5.41, 5.74) is 0. The van der Waals surface area contributed by atoms with Gasteiger partial charge in [-0.3, -0.25) is 0 Å². The molecule has 1 aromatic rings. The first-order valence-electron chi connectivity index (χ1n) is 7.14. The number of halogens is 2. The highest BCUT2D eigenvalue weighted by Gasteiger charge is 2.40. The average molecular weight is 458 g/mol. The van der Waals surface area contributed by atoms with E-state index in [0.717, 1.165) is 16.6 Å². The van der Waals surface area contributed by atoms with E-state index >= 15 is 0 Å². The highest BCUT2D eigenvalue weighted by Crippen LogP contribution is 2.38. The highest BCUT2D eigenvalue weighted by molar-refractivity contribution is 9.12. The summed E-state index contributed by atoms with van der Waals surface area (Å²) in [7, 11) is -3.44. The van der Waals surface area contributed by atoms with Crippen molar-refractivity contribution in [2.45, 2.75) is 55.6 Å². The topological polar surface area (TPSA) is 49.4 Å². The quantitative estimate of drug-likeness (QED) is 0.751. The Labute approximate surface area is 146 Å². The molecule has 21 heavy (non-hydrogen) atoms. The Hall–Kier alpha value is 0.530. The number of thiophene rings is 1. The van der Waals surface area contributed by atoms with Crippen molar-refractivity contribution in [1.82, 2.24) is 9.62 Å². The van der Waals surface area contributed by atoms with Crippen LogP contribution in [-0.2, 0) is 10.0 Å². The molecule has 3 rings (SSSR count). The largest absolute Gasteiger partial charge is 0.311 e. The van der Waals surface area contributed by atoms with Crippen molar-refractivity contribution in [1.29, 1.82) is 0 Å². The molecule has 2 aliphatic rings. The zero-order valence-corrected chi connectivity index (χ0v) is 16.5. The molecule has 4 nitrogen and oxygen atoms in total. The van der Waals surface area contributed by atoms with Gasteiger partial charge < -0.3 is 5.32 Å². The maximum Gasteiger partial charge on any atom is 0.245 e. The van der Waals surface area contributed by atoms with Crippen LogP contribution in [0.15, 0.2) is 18.5 Å². The van der Waals surface area contributed by atoms with Crippen LogP contribution in [0.3, 0.4) is 0 Å². The molecule has 8 heteroatoms. The summed E-state index contributed by atoms with van der Waals surface area (Å²) in [6.45, 7) is 2.45. The Morgan fingerprint density at radius 2 is 1.95 bits per heavy atom. The third-order valence-electron chi connectivity index (χ3n) is 4.38. The maximum atomic E-state index is 13.0. The van der Waals surface area contributed by atoms with Gasteiger partial charge >= 0.3 is 0 Å². The van der Waals surface area contributed by atoms with E-state index in [-0.39, 0.29) is 6.04 Å². The minimum absolute atomic E-state index is 0.115. The van der Waals surface area contributed by atoms with E-state index < -0.39 is 10.0 Å². The van der Waals surface area contributed by atoms with Gasteiger partial charge in [0, 0.05) is 24.7 Å². The number of hydrogen-bond acceptors (Lipinski definition) is 4. The minimum Gasteiger partial charge on any atom is -0.311 e. The van der Waals surface area contributed by atoms with Crippen molar-refractivity contribution in [3.8, 4) is 0 Å². The number of rotatable bonds is 4. The van der Waals surface area contributed by atoms with E-state index in [4.69, 9.17) is 0 Å². The molecule has 3 heterocycles. The lowest BCUT2D eigenvalue weighted by atomic mass is 10.00. The molecule has 2 saturated heterocycles. The van der Waals surface area contributed by atoms with Crippen molar-refractivity contribution < 1.29 is 8.42 Å². The molecule has 0 saturated carbocycles. The van der Waals surface area contributed by atoms with Gasteiger partial charge in [0.2, 0.25) is 10.0 Å². The molecule has 0 radical (unpaired) electrons. The van der Waals surface area contributed by atoms with Gasteiger partial charge in [-0.05, 0) is 63.6 Å². The van der Waals surface area contributed by atoms with Crippen molar-refractivity contribution in [3.05, 3.63) is 13.6 Å². The van der Waals surface area contributed by atoms with Gasteiger partial charge in [0.05, 0.1) is 7.57 Å². The minimum atomic E-state index is -3.44. The zero-order valence-electron chi connectivity index (χ0n) is 11.7. The Bertz CT molecular complexity index is 620. The summed E-state index contributed by atoms with van der Waals surface area (Å²) in [4.78, 5) is 0.382. The van der Waals surface area contributed by atoms with Crippen LogP contribution in [0.4, 0.5) is 0 Å². The van der Waals surface area contributed by atoms with E-state index in [1.54, 1.807) is 10.4 Å². The molecule has 0 aromatic carbocycles. The fraction of sp³-hybridized carbons (Fsp3) is 0.692. The van der Waals surface area contributed by atoms with E-state index in [0.29, 0.717) is 27.3 Å².